The molecule has 524 valence electrons. The summed E-state index contributed by atoms with van der Waals surface area (Å²) >= 11 is 0. The average Bonchev–Trinajstić information content (AvgIpc) is 1.11. The third-order valence-electron chi connectivity index (χ3n) is 17.6. The third-order valence-corrected chi connectivity index (χ3v) is 17.6. The minimum atomic E-state index is -1.97. The molecule has 0 aromatic carbocycles. The lowest BCUT2D eigenvalue weighted by molar-refractivity contribution is -0.379. The summed E-state index contributed by atoms with van der Waals surface area (Å²) < 4.78 is 34.2. The van der Waals surface area contributed by atoms with Gasteiger partial charge in [0.2, 0.25) is 5.91 Å². The van der Waals surface area contributed by atoms with E-state index >= 15 is 0 Å². The maximum absolute atomic E-state index is 13.3. The Morgan fingerprint density at radius 3 is 1.20 bits per heavy atom. The summed E-state index contributed by atoms with van der Waals surface area (Å²) in [7, 11) is 0. The van der Waals surface area contributed by atoms with Crippen LogP contribution >= 0.6 is 0 Å². The number of rotatable bonds is 54. The molecule has 0 radical (unpaired) electrons. The Morgan fingerprint density at radius 1 is 0.411 bits per heavy atom. The number of aliphatic hydroxyl groups excluding tert-OH is 11. The van der Waals surface area contributed by atoms with Crippen molar-refractivity contribution in [2.24, 2.45) is 0 Å². The summed E-state index contributed by atoms with van der Waals surface area (Å²) in [6.45, 7) is 1.60. The van der Waals surface area contributed by atoms with Crippen LogP contribution in [-0.2, 0) is 33.2 Å². The van der Waals surface area contributed by atoms with E-state index in [1.54, 1.807) is 0 Å². The molecule has 0 spiro atoms. The zero-order valence-corrected chi connectivity index (χ0v) is 55.4. The van der Waals surface area contributed by atoms with Gasteiger partial charge in [-0.2, -0.15) is 0 Å². The number of aliphatic hydroxyl groups is 11. The summed E-state index contributed by atoms with van der Waals surface area (Å²) in [4.78, 5) is 13.3. The van der Waals surface area contributed by atoms with E-state index in [0.717, 1.165) is 89.9 Å². The van der Waals surface area contributed by atoms with Crippen molar-refractivity contribution < 1.29 is 89.4 Å². The standard InChI is InChI=1S/C71H127NO18/c1-3-5-7-9-11-12-13-14-15-16-17-18-19-20-21-22-23-24-25-26-27-28-29-30-31-32-33-34-35-36-37-38-39-40-41-42-43-45-47-49-59(77)72-54(55(76)48-46-44-10-8-6-4-2)53-85-69-65(83)62(80)67(57(51-74)87-69)90-71-66(84)63(81)68(58(52-75)88-71)89-70-64(82)61(79)60(78)56(50-73)86-70/h5,7,11-12,14-15,17-18,20-21,54-58,60-71,73-76,78-84H,3-4,6,8-10,13,16,19,22-53H2,1-2H3,(H,72,77)/b7-5-,12-11-,15-14-,18-17-,21-20-. The number of unbranched alkanes of at least 4 members (excludes halogenated alkanes) is 28. The molecule has 19 nitrogen and oxygen atoms in total. The van der Waals surface area contributed by atoms with E-state index in [4.69, 9.17) is 28.4 Å². The number of hydrogen-bond donors (Lipinski definition) is 12. The number of nitrogens with one attached hydrogen (secondary N) is 1. The van der Waals surface area contributed by atoms with Crippen LogP contribution in [0.5, 0.6) is 0 Å². The van der Waals surface area contributed by atoms with Gasteiger partial charge in [0.15, 0.2) is 18.9 Å². The van der Waals surface area contributed by atoms with Crippen LogP contribution in [0.1, 0.15) is 251 Å². The summed E-state index contributed by atoms with van der Waals surface area (Å²) in [6.07, 6.45) is 38.4. The van der Waals surface area contributed by atoms with Crippen molar-refractivity contribution in [3.8, 4) is 0 Å². The summed E-state index contributed by atoms with van der Waals surface area (Å²) in [5.41, 5.74) is 0. The molecule has 3 aliphatic rings. The molecule has 12 N–H and O–H groups in total. The van der Waals surface area contributed by atoms with E-state index in [1.807, 2.05) is 0 Å². The fourth-order valence-electron chi connectivity index (χ4n) is 11.9. The van der Waals surface area contributed by atoms with Crippen molar-refractivity contribution in [2.75, 3.05) is 26.4 Å². The highest BCUT2D eigenvalue weighted by molar-refractivity contribution is 5.76. The van der Waals surface area contributed by atoms with Crippen molar-refractivity contribution in [1.82, 2.24) is 5.32 Å². The van der Waals surface area contributed by atoms with Gasteiger partial charge in [-0.1, -0.05) is 248 Å². The molecule has 0 aromatic rings. The minimum Gasteiger partial charge on any atom is -0.394 e. The highest BCUT2D eigenvalue weighted by Gasteiger charge is 2.53. The van der Waals surface area contributed by atoms with Crippen molar-refractivity contribution in [3.05, 3.63) is 60.8 Å². The van der Waals surface area contributed by atoms with Gasteiger partial charge in [0, 0.05) is 6.42 Å². The monoisotopic (exact) mass is 1280 g/mol. The first-order valence-corrected chi connectivity index (χ1v) is 35.5. The zero-order chi connectivity index (χ0) is 65.4. The van der Waals surface area contributed by atoms with Crippen LogP contribution in [0.2, 0.25) is 0 Å². The first-order valence-electron chi connectivity index (χ1n) is 35.5. The molecule has 3 fully saturated rings. The number of carbonyl (C=O) groups is 1. The molecular weight excluding hydrogens is 1150 g/mol. The average molecular weight is 1280 g/mol. The second-order valence-electron chi connectivity index (χ2n) is 25.3. The van der Waals surface area contributed by atoms with Crippen LogP contribution in [0, 0.1) is 0 Å². The van der Waals surface area contributed by atoms with Crippen LogP contribution in [0.25, 0.3) is 0 Å². The molecule has 3 aliphatic heterocycles. The third kappa shape index (κ3) is 34.2. The lowest BCUT2D eigenvalue weighted by Gasteiger charge is -2.48. The first kappa shape index (κ1) is 81.7. The smallest absolute Gasteiger partial charge is 0.220 e. The van der Waals surface area contributed by atoms with E-state index in [-0.39, 0.29) is 18.9 Å². The van der Waals surface area contributed by atoms with Crippen LogP contribution in [-0.4, -0.2) is 193 Å². The highest BCUT2D eigenvalue weighted by Crippen LogP contribution is 2.33. The molecule has 90 heavy (non-hydrogen) atoms. The number of hydrogen-bond acceptors (Lipinski definition) is 18. The quantitative estimate of drug-likeness (QED) is 0.0199. The molecule has 0 aromatic heterocycles. The largest absolute Gasteiger partial charge is 0.394 e. The van der Waals surface area contributed by atoms with Gasteiger partial charge in [0.05, 0.1) is 38.6 Å². The first-order chi connectivity index (χ1) is 43.8. The second-order valence-corrected chi connectivity index (χ2v) is 25.3. The van der Waals surface area contributed by atoms with Gasteiger partial charge in [0.25, 0.3) is 0 Å². The molecule has 17 atom stereocenters. The summed E-state index contributed by atoms with van der Waals surface area (Å²) in [6, 6.07) is -0.883. The van der Waals surface area contributed by atoms with E-state index in [1.165, 1.54) is 128 Å². The molecule has 3 heterocycles. The molecule has 3 saturated heterocycles. The second kappa shape index (κ2) is 52.7. The van der Waals surface area contributed by atoms with E-state index in [2.05, 4.69) is 79.9 Å². The van der Waals surface area contributed by atoms with Crippen LogP contribution in [0.3, 0.4) is 0 Å². The Kier molecular flexibility index (Phi) is 47.9. The maximum Gasteiger partial charge on any atom is 0.220 e. The SMILES string of the molecule is CC/C=C\C/C=C\C/C=C\C/C=C\C/C=C\CCCCCCCCCCCCCCCCCCCCCCCCCC(=O)NC(COC1OC(CO)C(OC2OC(CO)C(OC3OC(CO)C(O)C(O)C3O)C(O)C2O)C(O)C1O)C(O)CCCCCCCC. The van der Waals surface area contributed by atoms with Crippen LogP contribution in [0.15, 0.2) is 60.8 Å². The normalized spacial score (nSPS) is 28.4. The molecular formula is C71H127NO18. The predicted molar refractivity (Wildman–Crippen MR) is 351 cm³/mol. The van der Waals surface area contributed by atoms with E-state index < -0.39 is 124 Å². The maximum atomic E-state index is 13.3. The molecule has 1 amide bonds. The van der Waals surface area contributed by atoms with Gasteiger partial charge in [-0.15, -0.1) is 0 Å². The number of allylic oxidation sites excluding steroid dienone is 10. The molecule has 0 saturated carbocycles. The Bertz CT molecular complexity index is 1870. The molecule has 3 rings (SSSR count). The Balaban J connectivity index is 1.23. The molecule has 0 bridgehead atoms. The van der Waals surface area contributed by atoms with E-state index in [9.17, 15) is 61.0 Å². The van der Waals surface area contributed by atoms with Gasteiger partial charge >= 0.3 is 0 Å². The Labute approximate surface area is 541 Å². The Morgan fingerprint density at radius 2 is 0.767 bits per heavy atom. The number of carbonyl (C=O) groups excluding carboxylic acids is 1. The van der Waals surface area contributed by atoms with Crippen LogP contribution in [0.4, 0.5) is 0 Å². The number of ether oxygens (including phenoxy) is 6. The van der Waals surface area contributed by atoms with Gasteiger partial charge in [-0.25, -0.2) is 0 Å². The minimum absolute atomic E-state index is 0.246. The van der Waals surface area contributed by atoms with Gasteiger partial charge in [-0.3, -0.25) is 4.79 Å². The number of amides is 1. The zero-order valence-electron chi connectivity index (χ0n) is 55.4. The Hall–Kier alpha value is -2.51. The molecule has 0 aliphatic carbocycles. The van der Waals surface area contributed by atoms with E-state index in [0.29, 0.717) is 12.8 Å². The van der Waals surface area contributed by atoms with Crippen molar-refractivity contribution in [2.45, 2.75) is 356 Å². The summed E-state index contributed by atoms with van der Waals surface area (Å²) in [5.74, 6) is -0.246. The van der Waals surface area contributed by atoms with Gasteiger partial charge in [-0.05, 0) is 57.8 Å². The van der Waals surface area contributed by atoms with Crippen LogP contribution < -0.4 is 5.32 Å². The fraction of sp³-hybridized carbons (Fsp3) is 0.845. The topological polar surface area (TPSA) is 307 Å². The van der Waals surface area contributed by atoms with Crippen molar-refractivity contribution >= 4 is 5.91 Å². The molecule has 17 unspecified atom stereocenters. The highest BCUT2D eigenvalue weighted by atomic mass is 16.8. The summed E-state index contributed by atoms with van der Waals surface area (Å²) in [5, 5.41) is 120. The van der Waals surface area contributed by atoms with Gasteiger partial charge in [0.1, 0.15) is 73.2 Å². The van der Waals surface area contributed by atoms with Crippen molar-refractivity contribution in [1.29, 1.82) is 0 Å². The van der Waals surface area contributed by atoms with Gasteiger partial charge < -0.3 is 89.9 Å². The lowest BCUT2D eigenvalue weighted by Crippen LogP contribution is -2.66. The lowest BCUT2D eigenvalue weighted by atomic mass is 9.96. The van der Waals surface area contributed by atoms with Crippen molar-refractivity contribution in [3.63, 3.8) is 0 Å². The molecule has 19 heteroatoms. The fourth-order valence-corrected chi connectivity index (χ4v) is 11.9. The predicted octanol–water partition coefficient (Wildman–Crippen LogP) is 9.55.